The third-order valence-corrected chi connectivity index (χ3v) is 10.6. The number of hydrogen-bond donors (Lipinski definition) is 8. The van der Waals surface area contributed by atoms with E-state index in [4.69, 9.17) is 9.47 Å². The van der Waals surface area contributed by atoms with Gasteiger partial charge in [-0.15, -0.1) is 0 Å². The van der Waals surface area contributed by atoms with Gasteiger partial charge in [0.05, 0.1) is 25.4 Å². The second-order valence-electron chi connectivity index (χ2n) is 15.7. The molecule has 11 heteroatoms. The number of nitrogens with one attached hydrogen (secondary N) is 1. The Morgan fingerprint density at radius 2 is 1.09 bits per heavy atom. The van der Waals surface area contributed by atoms with Gasteiger partial charge in [-0.05, 0) is 70.6 Å². The molecule has 11 nitrogen and oxygen atoms in total. The van der Waals surface area contributed by atoms with Crippen molar-refractivity contribution >= 4 is 5.91 Å². The second-order valence-corrected chi connectivity index (χ2v) is 15.7. The van der Waals surface area contributed by atoms with Crippen molar-refractivity contribution in [1.82, 2.24) is 5.32 Å². The number of rotatable bonds is 36. The molecule has 0 saturated carbocycles. The maximum Gasteiger partial charge on any atom is 0.249 e. The van der Waals surface area contributed by atoms with E-state index in [0.717, 1.165) is 51.4 Å². The summed E-state index contributed by atoms with van der Waals surface area (Å²) in [6, 6.07) is -1.19. The van der Waals surface area contributed by atoms with Gasteiger partial charge < -0.3 is 50.5 Å². The fourth-order valence-electron chi connectivity index (χ4n) is 6.85. The molecular weight excluding hydrogens is 714 g/mol. The molecule has 8 N–H and O–H groups in total. The Labute approximate surface area is 339 Å². The van der Waals surface area contributed by atoms with E-state index >= 15 is 0 Å². The summed E-state index contributed by atoms with van der Waals surface area (Å²) < 4.78 is 11.0. The first-order valence-electron chi connectivity index (χ1n) is 22.4. The van der Waals surface area contributed by atoms with Gasteiger partial charge in [0.1, 0.15) is 36.6 Å². The van der Waals surface area contributed by atoms with Crippen molar-refractivity contribution in [3.8, 4) is 0 Å². The Hall–Kier alpha value is -1.67. The van der Waals surface area contributed by atoms with Crippen molar-refractivity contribution in [3.63, 3.8) is 0 Å². The van der Waals surface area contributed by atoms with E-state index in [2.05, 4.69) is 55.6 Å². The second kappa shape index (κ2) is 35.3. The van der Waals surface area contributed by atoms with Crippen LogP contribution in [0.15, 0.2) is 36.5 Å². The minimum absolute atomic E-state index is 0.235. The standard InChI is InChI=1S/C45H83NO10/c1-3-5-7-9-11-13-15-16-17-18-19-20-21-22-23-25-26-28-30-32-37(48)40(50)36(35-55-45-43(53)42(52)41(51)39(34-47)56-45)46-44(54)38(49)33-31-29-27-24-14-12-10-8-6-4-2/h10,12,20-21,25-26,36-43,45,47-53H,3-9,11,13-19,22-24,27-35H2,1-2H3,(H,46,54)/b12-10-,21-20+,26-25+. The molecule has 0 bridgehead atoms. The molecule has 0 aliphatic carbocycles. The lowest BCUT2D eigenvalue weighted by Crippen LogP contribution is -2.60. The van der Waals surface area contributed by atoms with Gasteiger partial charge in [-0.1, -0.05) is 140 Å². The number of unbranched alkanes of at least 4 members (excludes halogenated alkanes) is 18. The van der Waals surface area contributed by atoms with Gasteiger partial charge in [0.2, 0.25) is 5.91 Å². The van der Waals surface area contributed by atoms with Crippen molar-refractivity contribution in [3.05, 3.63) is 36.5 Å². The van der Waals surface area contributed by atoms with Crippen molar-refractivity contribution < 1.29 is 50.0 Å². The first-order chi connectivity index (χ1) is 27.2. The third-order valence-electron chi connectivity index (χ3n) is 10.6. The highest BCUT2D eigenvalue weighted by atomic mass is 16.7. The largest absolute Gasteiger partial charge is 0.394 e. The van der Waals surface area contributed by atoms with Crippen LogP contribution in [0.25, 0.3) is 0 Å². The Bertz CT molecular complexity index is 1010. The Balaban J connectivity index is 2.50. The zero-order valence-corrected chi connectivity index (χ0v) is 35.1. The van der Waals surface area contributed by atoms with Crippen LogP contribution >= 0.6 is 0 Å². The van der Waals surface area contributed by atoms with Crippen LogP contribution in [0.2, 0.25) is 0 Å². The number of carbonyl (C=O) groups excluding carboxylic acids is 1. The van der Waals surface area contributed by atoms with Crippen LogP contribution < -0.4 is 5.32 Å². The molecule has 1 heterocycles. The van der Waals surface area contributed by atoms with Crippen LogP contribution in [-0.2, 0) is 14.3 Å². The molecule has 9 atom stereocenters. The van der Waals surface area contributed by atoms with E-state index < -0.39 is 74.2 Å². The summed E-state index contributed by atoms with van der Waals surface area (Å²) in [4.78, 5) is 13.0. The van der Waals surface area contributed by atoms with E-state index in [1.165, 1.54) is 77.0 Å². The van der Waals surface area contributed by atoms with Gasteiger partial charge in [0.25, 0.3) is 0 Å². The van der Waals surface area contributed by atoms with Crippen LogP contribution in [0.1, 0.15) is 174 Å². The molecule has 328 valence electrons. The number of ether oxygens (including phenoxy) is 2. The molecule has 1 fully saturated rings. The van der Waals surface area contributed by atoms with Crippen molar-refractivity contribution in [1.29, 1.82) is 0 Å². The smallest absolute Gasteiger partial charge is 0.249 e. The van der Waals surface area contributed by atoms with Gasteiger partial charge in [-0.2, -0.15) is 0 Å². The average molecular weight is 798 g/mol. The normalized spacial score (nSPS) is 22.6. The Morgan fingerprint density at radius 1 is 0.607 bits per heavy atom. The van der Waals surface area contributed by atoms with Crippen molar-refractivity contribution in [2.45, 2.75) is 229 Å². The lowest BCUT2D eigenvalue weighted by atomic mass is 9.98. The molecule has 0 radical (unpaired) electrons. The highest BCUT2D eigenvalue weighted by Gasteiger charge is 2.44. The summed E-state index contributed by atoms with van der Waals surface area (Å²) in [5.74, 6) is -0.724. The molecular formula is C45H83NO10. The molecule has 0 aromatic carbocycles. The molecule has 1 aliphatic rings. The number of hydrogen-bond acceptors (Lipinski definition) is 10. The van der Waals surface area contributed by atoms with Gasteiger partial charge in [-0.25, -0.2) is 0 Å². The summed E-state index contributed by atoms with van der Waals surface area (Å²) in [7, 11) is 0. The van der Waals surface area contributed by atoms with Crippen LogP contribution in [-0.4, -0.2) is 110 Å². The SMILES string of the molecule is CCCC/C=C\CCCCCCC(O)C(=O)NC(COC1OC(CO)C(O)C(O)C1O)C(O)C(O)CCC/C=C/CC/C=C/CCCCCCCCCCCC. The summed E-state index contributed by atoms with van der Waals surface area (Å²) in [6.07, 6.45) is 27.8. The predicted molar refractivity (Wildman–Crippen MR) is 224 cm³/mol. The van der Waals surface area contributed by atoms with E-state index in [9.17, 15) is 40.5 Å². The molecule has 56 heavy (non-hydrogen) atoms. The molecule has 0 aromatic heterocycles. The zero-order valence-electron chi connectivity index (χ0n) is 35.1. The van der Waals surface area contributed by atoms with Crippen LogP contribution in [0.4, 0.5) is 0 Å². The minimum Gasteiger partial charge on any atom is -0.394 e. The number of amides is 1. The van der Waals surface area contributed by atoms with Gasteiger partial charge in [0.15, 0.2) is 6.29 Å². The fourth-order valence-corrected chi connectivity index (χ4v) is 6.85. The average Bonchev–Trinajstić information content (AvgIpc) is 3.20. The molecule has 0 aromatic rings. The number of aliphatic hydroxyl groups is 7. The monoisotopic (exact) mass is 798 g/mol. The highest BCUT2D eigenvalue weighted by molar-refractivity contribution is 5.80. The van der Waals surface area contributed by atoms with Crippen molar-refractivity contribution in [2.24, 2.45) is 0 Å². The summed E-state index contributed by atoms with van der Waals surface area (Å²) in [5.41, 5.74) is 0. The molecule has 1 aliphatic heterocycles. The fraction of sp³-hybridized carbons (Fsp3) is 0.844. The van der Waals surface area contributed by atoms with E-state index in [-0.39, 0.29) is 12.8 Å². The number of allylic oxidation sites excluding steroid dienone is 6. The first-order valence-corrected chi connectivity index (χ1v) is 22.4. The van der Waals surface area contributed by atoms with Crippen LogP contribution in [0, 0.1) is 0 Å². The van der Waals surface area contributed by atoms with E-state index in [0.29, 0.717) is 19.3 Å². The molecule has 1 rings (SSSR count). The first kappa shape index (κ1) is 52.3. The summed E-state index contributed by atoms with van der Waals surface area (Å²) in [6.45, 7) is 3.34. The van der Waals surface area contributed by atoms with Gasteiger partial charge in [-0.3, -0.25) is 4.79 Å². The Kier molecular flexibility index (Phi) is 33.0. The molecule has 1 saturated heterocycles. The molecule has 9 unspecified atom stereocenters. The summed E-state index contributed by atoms with van der Waals surface area (Å²) in [5, 5.41) is 75.4. The zero-order chi connectivity index (χ0) is 41.2. The molecule has 1 amide bonds. The van der Waals surface area contributed by atoms with E-state index in [1.807, 2.05) is 0 Å². The maximum atomic E-state index is 13.0. The third kappa shape index (κ3) is 25.0. The quantitative estimate of drug-likeness (QED) is 0.0247. The van der Waals surface area contributed by atoms with Crippen LogP contribution in [0.5, 0.6) is 0 Å². The van der Waals surface area contributed by atoms with Gasteiger partial charge in [0, 0.05) is 0 Å². The predicted octanol–water partition coefficient (Wildman–Crippen LogP) is 6.83. The number of carbonyl (C=O) groups is 1. The minimum atomic E-state index is -1.67. The lowest BCUT2D eigenvalue weighted by molar-refractivity contribution is -0.303. The van der Waals surface area contributed by atoms with Crippen molar-refractivity contribution in [2.75, 3.05) is 13.2 Å². The van der Waals surface area contributed by atoms with Crippen LogP contribution in [0.3, 0.4) is 0 Å². The lowest BCUT2D eigenvalue weighted by Gasteiger charge is -2.40. The van der Waals surface area contributed by atoms with E-state index in [1.54, 1.807) is 0 Å². The Morgan fingerprint density at radius 3 is 1.64 bits per heavy atom. The topological polar surface area (TPSA) is 189 Å². The summed E-state index contributed by atoms with van der Waals surface area (Å²) >= 11 is 0. The maximum absolute atomic E-state index is 13.0. The van der Waals surface area contributed by atoms with Gasteiger partial charge >= 0.3 is 0 Å². The number of aliphatic hydroxyl groups excluding tert-OH is 7. The molecule has 0 spiro atoms. The highest BCUT2D eigenvalue weighted by Crippen LogP contribution is 2.23.